The number of halogens is 3. The Kier molecular flexibility index (Phi) is 5.95. The van der Waals surface area contributed by atoms with Gasteiger partial charge in [0.25, 0.3) is 5.91 Å². The highest BCUT2D eigenvalue weighted by atomic mass is 32.2. The Bertz CT molecular complexity index is 1000. The lowest BCUT2D eigenvalue weighted by atomic mass is 10.2. The van der Waals surface area contributed by atoms with Gasteiger partial charge >= 0.3 is 6.18 Å². The zero-order valence-corrected chi connectivity index (χ0v) is 16.5. The van der Waals surface area contributed by atoms with E-state index in [1.807, 2.05) is 0 Å². The summed E-state index contributed by atoms with van der Waals surface area (Å²) in [5.74, 6) is -0.679. The predicted molar refractivity (Wildman–Crippen MR) is 101 cm³/mol. The van der Waals surface area contributed by atoms with Crippen LogP contribution in [0.15, 0.2) is 41.4 Å². The first-order chi connectivity index (χ1) is 13.6. The average molecular weight is 427 g/mol. The van der Waals surface area contributed by atoms with Gasteiger partial charge in [0.15, 0.2) is 0 Å². The molecule has 1 aromatic heterocycles. The van der Waals surface area contributed by atoms with Gasteiger partial charge in [-0.05, 0) is 49.6 Å². The van der Waals surface area contributed by atoms with Crippen molar-refractivity contribution in [3.8, 4) is 0 Å². The van der Waals surface area contributed by atoms with Crippen molar-refractivity contribution in [3.63, 3.8) is 0 Å². The molecule has 6 nitrogen and oxygen atoms in total. The number of hydrogen-bond donors (Lipinski definition) is 1. The second-order valence-electron chi connectivity index (χ2n) is 6.83. The molecule has 0 unspecified atom stereocenters. The predicted octanol–water partition coefficient (Wildman–Crippen LogP) is 3.84. The summed E-state index contributed by atoms with van der Waals surface area (Å²) in [5, 5.41) is 2.56. The molecule has 29 heavy (non-hydrogen) atoms. The van der Waals surface area contributed by atoms with Crippen molar-refractivity contribution in [2.75, 3.05) is 18.4 Å². The first-order valence-corrected chi connectivity index (χ1v) is 10.5. The summed E-state index contributed by atoms with van der Waals surface area (Å²) in [6.45, 7) is 2.60. The quantitative estimate of drug-likeness (QED) is 0.804. The number of alkyl halides is 3. The van der Waals surface area contributed by atoms with E-state index in [0.717, 1.165) is 37.6 Å². The van der Waals surface area contributed by atoms with Crippen LogP contribution in [0.4, 0.5) is 18.9 Å². The third-order valence-electron chi connectivity index (χ3n) is 4.73. The minimum atomic E-state index is -4.59. The second kappa shape index (κ2) is 8.11. The molecule has 1 aliphatic rings. The third kappa shape index (κ3) is 4.76. The van der Waals surface area contributed by atoms with Crippen LogP contribution < -0.4 is 5.32 Å². The van der Waals surface area contributed by atoms with Crippen LogP contribution in [0.1, 0.15) is 40.9 Å². The van der Waals surface area contributed by atoms with Crippen molar-refractivity contribution >= 4 is 21.6 Å². The highest BCUT2D eigenvalue weighted by Crippen LogP contribution is 2.28. The molecule has 1 saturated heterocycles. The van der Waals surface area contributed by atoms with Gasteiger partial charge in [-0.3, -0.25) is 9.78 Å². The van der Waals surface area contributed by atoms with Gasteiger partial charge in [0.1, 0.15) is 5.69 Å². The van der Waals surface area contributed by atoms with Gasteiger partial charge in [-0.15, -0.1) is 0 Å². The van der Waals surface area contributed by atoms with Crippen molar-refractivity contribution in [1.82, 2.24) is 9.29 Å². The summed E-state index contributed by atoms with van der Waals surface area (Å²) >= 11 is 0. The van der Waals surface area contributed by atoms with Gasteiger partial charge in [0, 0.05) is 25.0 Å². The van der Waals surface area contributed by atoms with Crippen molar-refractivity contribution in [1.29, 1.82) is 0 Å². The molecule has 1 aliphatic heterocycles. The van der Waals surface area contributed by atoms with E-state index in [1.54, 1.807) is 13.0 Å². The molecule has 2 heterocycles. The molecule has 1 amide bonds. The molecular weight excluding hydrogens is 407 g/mol. The maximum Gasteiger partial charge on any atom is 0.433 e. The summed E-state index contributed by atoms with van der Waals surface area (Å²) in [7, 11) is -3.68. The van der Waals surface area contributed by atoms with Crippen molar-refractivity contribution < 1.29 is 26.4 Å². The van der Waals surface area contributed by atoms with E-state index in [0.29, 0.717) is 18.7 Å². The molecular formula is C19H20F3N3O3S. The molecule has 2 aromatic rings. The molecule has 0 radical (unpaired) electrons. The number of aromatic nitrogens is 1. The number of benzene rings is 1. The Morgan fingerprint density at radius 3 is 2.38 bits per heavy atom. The molecule has 0 atom stereocenters. The summed E-state index contributed by atoms with van der Waals surface area (Å²) < 4.78 is 64.9. The molecule has 0 spiro atoms. The lowest BCUT2D eigenvalue weighted by molar-refractivity contribution is -0.141. The first kappa shape index (κ1) is 21.3. The number of nitrogens with one attached hydrogen (secondary N) is 1. The van der Waals surface area contributed by atoms with Gasteiger partial charge in [-0.25, -0.2) is 8.42 Å². The molecule has 1 fully saturated rings. The van der Waals surface area contributed by atoms with Gasteiger partial charge in [-0.1, -0.05) is 12.5 Å². The van der Waals surface area contributed by atoms with E-state index in [-0.39, 0.29) is 16.1 Å². The van der Waals surface area contributed by atoms with Gasteiger partial charge in [-0.2, -0.15) is 17.5 Å². The number of nitrogens with zero attached hydrogens (tertiary/aromatic N) is 2. The molecule has 0 bridgehead atoms. The first-order valence-electron chi connectivity index (χ1n) is 9.04. The number of carbonyl (C=O) groups excluding carboxylic acids is 1. The van der Waals surface area contributed by atoms with E-state index in [9.17, 15) is 26.4 Å². The van der Waals surface area contributed by atoms with Crippen molar-refractivity contribution in [2.24, 2.45) is 0 Å². The molecule has 1 aromatic carbocycles. The van der Waals surface area contributed by atoms with Crippen LogP contribution in [-0.2, 0) is 16.2 Å². The lowest BCUT2D eigenvalue weighted by Crippen LogP contribution is -2.35. The number of piperidine rings is 1. The summed E-state index contributed by atoms with van der Waals surface area (Å²) in [6.07, 6.45) is -1.17. The summed E-state index contributed by atoms with van der Waals surface area (Å²) in [5.41, 5.74) is -0.273. The smallest absolute Gasteiger partial charge is 0.322 e. The largest absolute Gasteiger partial charge is 0.433 e. The fourth-order valence-electron chi connectivity index (χ4n) is 3.04. The van der Waals surface area contributed by atoms with Crippen molar-refractivity contribution in [3.05, 3.63) is 53.3 Å². The van der Waals surface area contributed by atoms with Crippen LogP contribution in [0.5, 0.6) is 0 Å². The van der Waals surface area contributed by atoms with E-state index < -0.39 is 27.8 Å². The van der Waals surface area contributed by atoms with Gasteiger partial charge < -0.3 is 5.32 Å². The Morgan fingerprint density at radius 2 is 1.79 bits per heavy atom. The van der Waals surface area contributed by atoms with E-state index in [4.69, 9.17) is 0 Å². The monoisotopic (exact) mass is 427 g/mol. The molecule has 10 heteroatoms. The maximum atomic E-state index is 12.8. The van der Waals surface area contributed by atoms with Gasteiger partial charge in [0.05, 0.1) is 10.5 Å². The summed E-state index contributed by atoms with van der Waals surface area (Å²) in [4.78, 5) is 15.7. The highest BCUT2D eigenvalue weighted by molar-refractivity contribution is 7.89. The highest BCUT2D eigenvalue weighted by Gasteiger charge is 2.32. The number of sulfonamides is 1. The fraction of sp³-hybridized carbons (Fsp3) is 0.368. The molecule has 1 N–H and O–H groups in total. The van der Waals surface area contributed by atoms with Crippen LogP contribution in [-0.4, -0.2) is 36.7 Å². The van der Waals surface area contributed by atoms with Crippen LogP contribution in [0, 0.1) is 6.92 Å². The Balaban J connectivity index is 1.82. The third-order valence-corrected chi connectivity index (χ3v) is 6.62. The van der Waals surface area contributed by atoms with Crippen LogP contribution >= 0.6 is 0 Å². The number of pyridine rings is 1. The van der Waals surface area contributed by atoms with Gasteiger partial charge in [0.2, 0.25) is 10.0 Å². The zero-order valence-electron chi connectivity index (χ0n) is 15.7. The Hall–Kier alpha value is -2.46. The van der Waals surface area contributed by atoms with E-state index >= 15 is 0 Å². The average Bonchev–Trinajstić information content (AvgIpc) is 2.69. The molecule has 0 aliphatic carbocycles. The van der Waals surface area contributed by atoms with E-state index in [2.05, 4.69) is 10.3 Å². The normalized spacial score (nSPS) is 15.9. The Morgan fingerprint density at radius 1 is 1.10 bits per heavy atom. The second-order valence-corrected chi connectivity index (χ2v) is 8.76. The van der Waals surface area contributed by atoms with E-state index in [1.165, 1.54) is 16.4 Å². The Labute approximate surface area is 166 Å². The molecule has 0 saturated carbocycles. The standard InChI is InChI=1S/C19H20F3N3O3S/c1-13-5-7-15(29(27,28)25-9-3-2-4-10-25)11-16(13)24-18(26)14-6-8-17(23-12-14)19(20,21)22/h5-8,11-12H,2-4,9-10H2,1H3,(H,24,26). The van der Waals surface area contributed by atoms with Crippen molar-refractivity contribution in [2.45, 2.75) is 37.3 Å². The number of hydrogen-bond acceptors (Lipinski definition) is 4. The lowest BCUT2D eigenvalue weighted by Gasteiger charge is -2.26. The zero-order chi connectivity index (χ0) is 21.2. The maximum absolute atomic E-state index is 12.8. The number of amides is 1. The molecule has 3 rings (SSSR count). The van der Waals surface area contributed by atoms with Crippen LogP contribution in [0.25, 0.3) is 0 Å². The number of carbonyl (C=O) groups is 1. The number of rotatable bonds is 4. The number of aryl methyl sites for hydroxylation is 1. The van der Waals surface area contributed by atoms with Crippen LogP contribution in [0.2, 0.25) is 0 Å². The summed E-state index contributed by atoms with van der Waals surface area (Å²) in [6, 6.07) is 6.18. The topological polar surface area (TPSA) is 79.4 Å². The fourth-order valence-corrected chi connectivity index (χ4v) is 4.58. The SMILES string of the molecule is Cc1ccc(S(=O)(=O)N2CCCCC2)cc1NC(=O)c1ccc(C(F)(F)F)nc1. The van der Waals surface area contributed by atoms with Crippen LogP contribution in [0.3, 0.4) is 0 Å². The minimum Gasteiger partial charge on any atom is -0.322 e. The molecule has 156 valence electrons. The minimum absolute atomic E-state index is 0.0610. The number of anilines is 1.